The van der Waals surface area contributed by atoms with Crippen LogP contribution < -0.4 is 5.32 Å². The van der Waals surface area contributed by atoms with E-state index in [1.807, 2.05) is 65.7 Å². The highest BCUT2D eigenvalue weighted by atomic mass is 35.5. The second-order valence-electron chi connectivity index (χ2n) is 11.2. The van der Waals surface area contributed by atoms with Gasteiger partial charge < -0.3 is 19.5 Å². The van der Waals surface area contributed by atoms with Crippen LogP contribution in [0.4, 0.5) is 10.5 Å². The molecule has 4 heterocycles. The van der Waals surface area contributed by atoms with Crippen molar-refractivity contribution in [1.82, 2.24) is 15.0 Å². The van der Waals surface area contributed by atoms with E-state index in [1.54, 1.807) is 6.20 Å². The minimum atomic E-state index is -0.0509. The SMILES string of the molecule is O=C(Nc1cccc(-c2cccnc2)c1)N1C2CCC1CC(OCc1c(-c3c(Cl)cccc3Cl)noc1C1CC1)C2. The number of nitrogens with zero attached hydrogens (tertiary/aromatic N) is 3. The minimum Gasteiger partial charge on any atom is -0.373 e. The van der Waals surface area contributed by atoms with Crippen molar-refractivity contribution in [2.24, 2.45) is 0 Å². The number of ether oxygens (including phenoxy) is 1. The van der Waals surface area contributed by atoms with Gasteiger partial charge in [0.2, 0.25) is 0 Å². The number of carbonyl (C=O) groups is 1. The number of hydrogen-bond acceptors (Lipinski definition) is 5. The second-order valence-corrected chi connectivity index (χ2v) is 12.0. The van der Waals surface area contributed by atoms with Crippen molar-refractivity contribution in [3.05, 3.63) is 88.4 Å². The largest absolute Gasteiger partial charge is 0.373 e. The first-order valence-corrected chi connectivity index (χ1v) is 14.9. The Hall–Kier alpha value is -3.39. The van der Waals surface area contributed by atoms with Crippen molar-refractivity contribution in [2.75, 3.05) is 5.32 Å². The zero-order valence-electron chi connectivity index (χ0n) is 22.4. The number of urea groups is 1. The number of pyridine rings is 1. The lowest BCUT2D eigenvalue weighted by atomic mass is 9.99. The van der Waals surface area contributed by atoms with Gasteiger partial charge in [0.15, 0.2) is 0 Å². The molecule has 2 aromatic carbocycles. The van der Waals surface area contributed by atoms with E-state index in [2.05, 4.69) is 15.5 Å². The van der Waals surface area contributed by atoms with Gasteiger partial charge in [-0.3, -0.25) is 4.98 Å². The highest BCUT2D eigenvalue weighted by Crippen LogP contribution is 2.46. The maximum Gasteiger partial charge on any atom is 0.322 e. The smallest absolute Gasteiger partial charge is 0.322 e. The van der Waals surface area contributed by atoms with Crippen LogP contribution in [0.15, 0.2) is 71.5 Å². The van der Waals surface area contributed by atoms with E-state index in [-0.39, 0.29) is 24.2 Å². The van der Waals surface area contributed by atoms with E-state index in [4.69, 9.17) is 32.5 Å². The molecule has 2 unspecified atom stereocenters. The molecule has 210 valence electrons. The fourth-order valence-electron chi connectivity index (χ4n) is 6.34. The molecule has 0 spiro atoms. The molecule has 2 aliphatic heterocycles. The third-order valence-corrected chi connectivity index (χ3v) is 9.09. The molecular formula is C32H30Cl2N4O3. The molecule has 2 bridgehead atoms. The Morgan fingerprint density at radius 3 is 2.41 bits per heavy atom. The summed E-state index contributed by atoms with van der Waals surface area (Å²) >= 11 is 13.1. The van der Waals surface area contributed by atoms with E-state index >= 15 is 0 Å². The monoisotopic (exact) mass is 588 g/mol. The van der Waals surface area contributed by atoms with Crippen molar-refractivity contribution >= 4 is 34.9 Å². The molecule has 1 saturated carbocycles. The van der Waals surface area contributed by atoms with Crippen molar-refractivity contribution in [3.8, 4) is 22.4 Å². The average Bonchev–Trinajstić information content (AvgIpc) is 3.68. The summed E-state index contributed by atoms with van der Waals surface area (Å²) in [6, 6.07) is 17.5. The van der Waals surface area contributed by atoms with Gasteiger partial charge in [-0.2, -0.15) is 0 Å². The first-order chi connectivity index (χ1) is 20.0. The summed E-state index contributed by atoms with van der Waals surface area (Å²) in [5.74, 6) is 1.25. The number of nitrogens with one attached hydrogen (secondary N) is 1. The summed E-state index contributed by atoms with van der Waals surface area (Å²) in [6.45, 7) is 0.379. The predicted octanol–water partition coefficient (Wildman–Crippen LogP) is 8.33. The lowest BCUT2D eigenvalue weighted by Crippen LogP contribution is -2.50. The number of carbonyl (C=O) groups excluding carboxylic acids is 1. The van der Waals surface area contributed by atoms with Gasteiger partial charge in [0.1, 0.15) is 11.5 Å². The molecule has 2 amide bonds. The standard InChI is InChI=1S/C32H30Cl2N4O3/c33-27-7-2-8-28(34)29(27)30-26(31(41-37-30)19-9-10-19)18-40-25-15-23-11-12-24(16-25)38(23)32(39)36-22-6-1-4-20(14-22)21-5-3-13-35-17-21/h1-8,13-14,17,19,23-25H,9-12,15-16,18H2,(H,36,39). The van der Waals surface area contributed by atoms with Gasteiger partial charge in [-0.1, -0.05) is 52.6 Å². The van der Waals surface area contributed by atoms with Crippen LogP contribution in [0, 0.1) is 0 Å². The number of fused-ring (bicyclic) bond motifs is 2. The summed E-state index contributed by atoms with van der Waals surface area (Å²) in [4.78, 5) is 19.7. The number of hydrogen-bond donors (Lipinski definition) is 1. The van der Waals surface area contributed by atoms with Crippen molar-refractivity contribution in [1.29, 1.82) is 0 Å². The second kappa shape index (κ2) is 11.1. The van der Waals surface area contributed by atoms with E-state index in [0.717, 1.165) is 66.7 Å². The maximum absolute atomic E-state index is 13.4. The first kappa shape index (κ1) is 26.5. The summed E-state index contributed by atoms with van der Waals surface area (Å²) in [6.07, 6.45) is 9.35. The number of halogens is 2. The molecule has 41 heavy (non-hydrogen) atoms. The average molecular weight is 590 g/mol. The molecule has 1 aliphatic carbocycles. The fourth-order valence-corrected chi connectivity index (χ4v) is 6.92. The van der Waals surface area contributed by atoms with Crippen LogP contribution in [-0.4, -0.2) is 39.3 Å². The van der Waals surface area contributed by atoms with Crippen LogP contribution in [0.25, 0.3) is 22.4 Å². The van der Waals surface area contributed by atoms with E-state index in [1.165, 1.54) is 0 Å². The highest BCUT2D eigenvalue weighted by Gasteiger charge is 2.44. The quantitative estimate of drug-likeness (QED) is 0.234. The minimum absolute atomic E-state index is 0.0435. The van der Waals surface area contributed by atoms with Crippen molar-refractivity contribution < 1.29 is 14.1 Å². The van der Waals surface area contributed by atoms with Gasteiger partial charge in [-0.05, 0) is 74.4 Å². The summed E-state index contributed by atoms with van der Waals surface area (Å²) in [5.41, 5.74) is 5.09. The van der Waals surface area contributed by atoms with Crippen LogP contribution in [0.3, 0.4) is 0 Å². The molecule has 2 aromatic heterocycles. The van der Waals surface area contributed by atoms with Gasteiger partial charge >= 0.3 is 6.03 Å². The summed E-state index contributed by atoms with van der Waals surface area (Å²) < 4.78 is 12.3. The summed E-state index contributed by atoms with van der Waals surface area (Å²) in [7, 11) is 0. The topological polar surface area (TPSA) is 80.5 Å². The van der Waals surface area contributed by atoms with Gasteiger partial charge in [-0.15, -0.1) is 0 Å². The third-order valence-electron chi connectivity index (χ3n) is 8.46. The highest BCUT2D eigenvalue weighted by molar-refractivity contribution is 6.39. The van der Waals surface area contributed by atoms with Crippen molar-refractivity contribution in [3.63, 3.8) is 0 Å². The Morgan fingerprint density at radius 2 is 1.71 bits per heavy atom. The fraction of sp³-hybridized carbons (Fsp3) is 0.344. The number of amides is 2. The van der Waals surface area contributed by atoms with E-state index < -0.39 is 0 Å². The van der Waals surface area contributed by atoms with Gasteiger partial charge in [-0.25, -0.2) is 4.79 Å². The molecule has 2 saturated heterocycles. The van der Waals surface area contributed by atoms with E-state index in [9.17, 15) is 4.79 Å². The number of rotatable bonds is 7. The molecule has 0 radical (unpaired) electrons. The molecular weight excluding hydrogens is 559 g/mol. The van der Waals surface area contributed by atoms with Gasteiger partial charge in [0.25, 0.3) is 0 Å². The molecule has 1 N–H and O–H groups in total. The molecule has 7 rings (SSSR count). The van der Waals surface area contributed by atoms with Crippen molar-refractivity contribution in [2.45, 2.75) is 69.2 Å². The molecule has 3 fully saturated rings. The van der Waals surface area contributed by atoms with Crippen LogP contribution >= 0.6 is 23.2 Å². The zero-order valence-corrected chi connectivity index (χ0v) is 23.9. The molecule has 9 heteroatoms. The van der Waals surface area contributed by atoms with Gasteiger partial charge in [0, 0.05) is 52.8 Å². The Kier molecular flexibility index (Phi) is 7.19. The Morgan fingerprint density at radius 1 is 0.976 bits per heavy atom. The van der Waals surface area contributed by atoms with Crippen LogP contribution in [0.2, 0.25) is 10.0 Å². The lowest BCUT2D eigenvalue weighted by Gasteiger charge is -2.38. The number of aromatic nitrogens is 2. The Balaban J connectivity index is 1.03. The predicted molar refractivity (Wildman–Crippen MR) is 159 cm³/mol. The number of piperidine rings is 1. The first-order valence-electron chi connectivity index (χ1n) is 14.2. The molecule has 4 aromatic rings. The third kappa shape index (κ3) is 5.34. The molecule has 7 nitrogen and oxygen atoms in total. The Bertz CT molecular complexity index is 1540. The van der Waals surface area contributed by atoms with Crippen LogP contribution in [0.5, 0.6) is 0 Å². The normalized spacial score (nSPS) is 21.7. The Labute approximate surface area is 248 Å². The lowest BCUT2D eigenvalue weighted by molar-refractivity contribution is -0.0158. The number of benzene rings is 2. The summed E-state index contributed by atoms with van der Waals surface area (Å²) in [5, 5.41) is 8.60. The van der Waals surface area contributed by atoms with E-state index in [0.29, 0.717) is 33.8 Å². The number of anilines is 1. The maximum atomic E-state index is 13.4. The zero-order chi connectivity index (χ0) is 27.9. The molecule has 2 atom stereocenters. The molecule has 3 aliphatic rings. The van der Waals surface area contributed by atoms with Crippen LogP contribution in [-0.2, 0) is 11.3 Å². The van der Waals surface area contributed by atoms with Gasteiger partial charge in [0.05, 0.1) is 22.8 Å². The van der Waals surface area contributed by atoms with Crippen LogP contribution in [0.1, 0.15) is 55.8 Å².